The molecule has 0 radical (unpaired) electrons. The number of halogens is 1. The maximum absolute atomic E-state index is 12.6. The number of benzene rings is 2. The molecule has 0 aliphatic heterocycles. The number of carbonyl (C=O) groups excluding carboxylic acids is 1. The first kappa shape index (κ1) is 15.7. The molecule has 0 fully saturated rings. The molecule has 0 aliphatic rings. The summed E-state index contributed by atoms with van der Waals surface area (Å²) in [6, 6.07) is 12.5. The molecule has 0 spiro atoms. The zero-order valence-electron chi connectivity index (χ0n) is 12.5. The van der Waals surface area contributed by atoms with Gasteiger partial charge in [-0.15, -0.1) is 0 Å². The first-order valence-corrected chi connectivity index (χ1v) is 7.99. The van der Waals surface area contributed by atoms with Gasteiger partial charge in [0.1, 0.15) is 0 Å². The van der Waals surface area contributed by atoms with E-state index in [0.29, 0.717) is 16.5 Å². The molecule has 0 unspecified atom stereocenters. The summed E-state index contributed by atoms with van der Waals surface area (Å²) in [4.78, 5) is 30.3. The van der Waals surface area contributed by atoms with Crippen molar-refractivity contribution in [1.82, 2.24) is 4.98 Å². The van der Waals surface area contributed by atoms with Crippen molar-refractivity contribution in [1.29, 1.82) is 0 Å². The van der Waals surface area contributed by atoms with Crippen LogP contribution in [0.15, 0.2) is 51.7 Å². The summed E-state index contributed by atoms with van der Waals surface area (Å²) in [7, 11) is 1.54. The van der Waals surface area contributed by atoms with E-state index in [2.05, 4.69) is 27.6 Å². The molecule has 23 heavy (non-hydrogen) atoms. The van der Waals surface area contributed by atoms with E-state index in [9.17, 15) is 9.59 Å². The lowest BCUT2D eigenvalue weighted by atomic mass is 10.2. The molecular formula is C17H13IN2O3. The average Bonchev–Trinajstić information content (AvgIpc) is 2.54. The third-order valence-corrected chi connectivity index (χ3v) is 4.41. The molecule has 6 heteroatoms. The molecule has 3 aromatic rings. The highest BCUT2D eigenvalue weighted by molar-refractivity contribution is 14.1. The van der Waals surface area contributed by atoms with Gasteiger partial charge in [-0.1, -0.05) is 23.8 Å². The van der Waals surface area contributed by atoms with Crippen molar-refractivity contribution in [2.24, 2.45) is 0 Å². The maximum Gasteiger partial charge on any atom is 0.348 e. The summed E-state index contributed by atoms with van der Waals surface area (Å²) in [5.41, 5.74) is 1.48. The van der Waals surface area contributed by atoms with E-state index in [1.165, 1.54) is 11.9 Å². The Bertz CT molecular complexity index is 965. The summed E-state index contributed by atoms with van der Waals surface area (Å²) >= 11 is 2.09. The van der Waals surface area contributed by atoms with Gasteiger partial charge in [0.2, 0.25) is 0 Å². The van der Waals surface area contributed by atoms with Gasteiger partial charge < -0.3 is 4.42 Å². The van der Waals surface area contributed by atoms with Crippen molar-refractivity contribution in [3.63, 3.8) is 0 Å². The van der Waals surface area contributed by atoms with E-state index in [1.54, 1.807) is 24.3 Å². The number of hydrogen-bond donors (Lipinski definition) is 0. The summed E-state index contributed by atoms with van der Waals surface area (Å²) < 4.78 is 6.05. The number of carbonyl (C=O) groups is 1. The highest BCUT2D eigenvalue weighted by atomic mass is 127. The Hall–Kier alpha value is -2.22. The van der Waals surface area contributed by atoms with Gasteiger partial charge >= 0.3 is 11.6 Å². The number of aryl methyl sites for hydroxylation is 1. The number of fused-ring (bicyclic) bond motifs is 1. The number of rotatable bonds is 2. The zero-order chi connectivity index (χ0) is 16.6. The van der Waals surface area contributed by atoms with E-state index in [1.807, 2.05) is 25.1 Å². The van der Waals surface area contributed by atoms with Crippen LogP contribution in [0.4, 0.5) is 6.01 Å². The fourth-order valence-corrected chi connectivity index (χ4v) is 2.84. The third-order valence-electron chi connectivity index (χ3n) is 3.47. The third kappa shape index (κ3) is 2.98. The van der Waals surface area contributed by atoms with Crippen LogP contribution in [0.1, 0.15) is 15.9 Å². The molecule has 3 rings (SSSR count). The molecule has 0 bridgehead atoms. The standard InChI is InChI=1S/C17H13IN2O3/c1-10-7-8-14-12(9-10)16(22)23-17(19-14)20(2)15(21)11-5-3-4-6-13(11)18/h3-9H,1-2H3. The Morgan fingerprint density at radius 3 is 2.70 bits per heavy atom. The van der Waals surface area contributed by atoms with E-state index in [-0.39, 0.29) is 11.9 Å². The SMILES string of the molecule is Cc1ccc2nc(N(C)C(=O)c3ccccc3I)oc(=O)c2c1. The van der Waals surface area contributed by atoms with Crippen molar-refractivity contribution in [2.75, 3.05) is 11.9 Å². The Morgan fingerprint density at radius 1 is 1.22 bits per heavy atom. The number of anilines is 1. The van der Waals surface area contributed by atoms with Gasteiger partial charge in [0, 0.05) is 10.6 Å². The molecule has 1 amide bonds. The molecule has 5 nitrogen and oxygen atoms in total. The fraction of sp³-hybridized carbons (Fsp3) is 0.118. The molecule has 1 heterocycles. The molecule has 1 aromatic heterocycles. The average molecular weight is 420 g/mol. The van der Waals surface area contributed by atoms with E-state index in [0.717, 1.165) is 9.13 Å². The van der Waals surface area contributed by atoms with E-state index >= 15 is 0 Å². The highest BCUT2D eigenvalue weighted by Gasteiger charge is 2.20. The second-order valence-electron chi connectivity index (χ2n) is 5.15. The molecule has 0 saturated carbocycles. The van der Waals surface area contributed by atoms with Gasteiger partial charge in [0.05, 0.1) is 16.5 Å². The Morgan fingerprint density at radius 2 is 1.96 bits per heavy atom. The van der Waals surface area contributed by atoms with Crippen LogP contribution < -0.4 is 10.5 Å². The lowest BCUT2D eigenvalue weighted by Gasteiger charge is -2.15. The minimum atomic E-state index is -0.504. The molecule has 0 atom stereocenters. The van der Waals surface area contributed by atoms with Crippen molar-refractivity contribution in [3.05, 3.63) is 67.6 Å². The number of hydrogen-bond acceptors (Lipinski definition) is 4. The second kappa shape index (κ2) is 6.11. The molecule has 0 saturated heterocycles. The Labute approximate surface area is 146 Å². The summed E-state index contributed by atoms with van der Waals surface area (Å²) in [5.74, 6) is -0.280. The normalized spacial score (nSPS) is 10.7. The lowest BCUT2D eigenvalue weighted by molar-refractivity contribution is 0.0986. The molecule has 0 N–H and O–H groups in total. The van der Waals surface area contributed by atoms with Gasteiger partial charge in [0.15, 0.2) is 0 Å². The predicted molar refractivity (Wildman–Crippen MR) is 96.9 cm³/mol. The highest BCUT2D eigenvalue weighted by Crippen LogP contribution is 2.19. The van der Waals surface area contributed by atoms with Gasteiger partial charge in [0.25, 0.3) is 5.91 Å². The van der Waals surface area contributed by atoms with Crippen LogP contribution in [0.5, 0.6) is 0 Å². The van der Waals surface area contributed by atoms with Gasteiger partial charge in [-0.05, 0) is 53.8 Å². The quantitative estimate of drug-likeness (QED) is 0.597. The molecule has 116 valence electrons. The predicted octanol–water partition coefficient (Wildman–Crippen LogP) is 3.38. The number of nitrogens with zero attached hydrogens (tertiary/aromatic N) is 2. The first-order valence-electron chi connectivity index (χ1n) is 6.91. The Balaban J connectivity index is 2.06. The largest absolute Gasteiger partial charge is 0.388 e. The van der Waals surface area contributed by atoms with Crippen LogP contribution in [0, 0.1) is 10.5 Å². The summed E-state index contributed by atoms with van der Waals surface area (Å²) in [5, 5.41) is 0.406. The fourth-order valence-electron chi connectivity index (χ4n) is 2.22. The van der Waals surface area contributed by atoms with Crippen molar-refractivity contribution < 1.29 is 9.21 Å². The lowest BCUT2D eigenvalue weighted by Crippen LogP contribution is -2.28. The van der Waals surface area contributed by atoms with Gasteiger partial charge in [-0.2, -0.15) is 4.98 Å². The van der Waals surface area contributed by atoms with E-state index < -0.39 is 5.63 Å². The van der Waals surface area contributed by atoms with Crippen LogP contribution in [0.25, 0.3) is 10.9 Å². The van der Waals surface area contributed by atoms with Crippen LogP contribution in [0.2, 0.25) is 0 Å². The smallest absolute Gasteiger partial charge is 0.348 e. The van der Waals surface area contributed by atoms with Crippen molar-refractivity contribution >= 4 is 45.4 Å². The monoisotopic (exact) mass is 420 g/mol. The van der Waals surface area contributed by atoms with E-state index in [4.69, 9.17) is 4.42 Å². The van der Waals surface area contributed by atoms with Gasteiger partial charge in [-0.25, -0.2) is 4.79 Å². The van der Waals surface area contributed by atoms with Crippen molar-refractivity contribution in [3.8, 4) is 0 Å². The van der Waals surface area contributed by atoms with Crippen LogP contribution in [0.3, 0.4) is 0 Å². The number of aromatic nitrogens is 1. The zero-order valence-corrected chi connectivity index (χ0v) is 14.7. The second-order valence-corrected chi connectivity index (χ2v) is 6.31. The molecule has 0 aliphatic carbocycles. The summed E-state index contributed by atoms with van der Waals surface area (Å²) in [6.07, 6.45) is 0. The van der Waals surface area contributed by atoms with Crippen LogP contribution in [-0.4, -0.2) is 17.9 Å². The molecule has 2 aromatic carbocycles. The van der Waals surface area contributed by atoms with Crippen LogP contribution in [-0.2, 0) is 0 Å². The van der Waals surface area contributed by atoms with Crippen molar-refractivity contribution in [2.45, 2.75) is 6.92 Å². The topological polar surface area (TPSA) is 63.4 Å². The minimum absolute atomic E-state index is 0.0176. The van der Waals surface area contributed by atoms with Gasteiger partial charge in [-0.3, -0.25) is 9.69 Å². The molecular weight excluding hydrogens is 407 g/mol. The first-order chi connectivity index (χ1) is 11.0. The minimum Gasteiger partial charge on any atom is -0.388 e. The van der Waals surface area contributed by atoms with Crippen LogP contribution >= 0.6 is 22.6 Å². The summed E-state index contributed by atoms with van der Waals surface area (Å²) in [6.45, 7) is 1.89. The Kier molecular flexibility index (Phi) is 4.16. The number of amides is 1. The maximum atomic E-state index is 12.6.